The van der Waals surface area contributed by atoms with Crippen molar-refractivity contribution in [2.45, 2.75) is 26.8 Å². The molecule has 1 amide bonds. The first kappa shape index (κ1) is 22.5. The molecule has 0 radical (unpaired) electrons. The molecule has 9 nitrogen and oxygen atoms in total. The van der Waals surface area contributed by atoms with Gasteiger partial charge in [-0.25, -0.2) is 4.39 Å². The van der Waals surface area contributed by atoms with E-state index in [9.17, 15) is 19.3 Å². The Morgan fingerprint density at radius 2 is 1.82 bits per heavy atom. The minimum atomic E-state index is -0.763. The zero-order valence-electron chi connectivity index (χ0n) is 18.6. The molecule has 0 spiro atoms. The number of halogens is 1. The fourth-order valence-electron chi connectivity index (χ4n) is 3.85. The third-order valence-electron chi connectivity index (χ3n) is 6.02. The molecule has 2 aromatic carbocycles. The zero-order chi connectivity index (χ0) is 23.7. The molecule has 2 heterocycles. The summed E-state index contributed by atoms with van der Waals surface area (Å²) in [5.74, 6) is -0.181. The minimum Gasteiger partial charge on any atom is -0.337 e. The van der Waals surface area contributed by atoms with Crippen molar-refractivity contribution in [3.05, 3.63) is 74.9 Å². The van der Waals surface area contributed by atoms with Crippen LogP contribution in [0.5, 0.6) is 0 Å². The van der Waals surface area contributed by atoms with E-state index in [0.29, 0.717) is 37.9 Å². The number of nitro groups is 1. The maximum absolute atomic E-state index is 14.1. The number of nitro benzene ring substituents is 1. The molecular weight excluding hydrogens is 429 g/mol. The highest BCUT2D eigenvalue weighted by Crippen LogP contribution is 2.26. The number of carbonyl (C=O) groups is 1. The van der Waals surface area contributed by atoms with Gasteiger partial charge in [0.05, 0.1) is 16.5 Å². The highest BCUT2D eigenvalue weighted by atomic mass is 19.1. The van der Waals surface area contributed by atoms with E-state index in [1.165, 1.54) is 6.92 Å². The van der Waals surface area contributed by atoms with Crippen LogP contribution in [0.2, 0.25) is 0 Å². The van der Waals surface area contributed by atoms with Crippen molar-refractivity contribution in [1.29, 1.82) is 0 Å². The van der Waals surface area contributed by atoms with Gasteiger partial charge < -0.3 is 9.42 Å². The van der Waals surface area contributed by atoms with E-state index in [4.69, 9.17) is 4.52 Å². The molecule has 1 aliphatic heterocycles. The van der Waals surface area contributed by atoms with Gasteiger partial charge in [0.15, 0.2) is 0 Å². The van der Waals surface area contributed by atoms with E-state index in [-0.39, 0.29) is 17.2 Å². The lowest BCUT2D eigenvalue weighted by Gasteiger charge is -2.36. The Kier molecular flexibility index (Phi) is 6.19. The molecule has 0 saturated carbocycles. The van der Waals surface area contributed by atoms with E-state index >= 15 is 0 Å². The number of piperazine rings is 1. The van der Waals surface area contributed by atoms with Gasteiger partial charge in [-0.1, -0.05) is 35.0 Å². The monoisotopic (exact) mass is 453 g/mol. The highest BCUT2D eigenvalue weighted by Gasteiger charge is 2.29. The predicted octanol–water partition coefficient (Wildman–Crippen LogP) is 3.92. The Hall–Kier alpha value is -3.66. The van der Waals surface area contributed by atoms with Crippen LogP contribution < -0.4 is 0 Å². The molecule has 1 fully saturated rings. The molecule has 1 aromatic heterocycles. The second-order valence-corrected chi connectivity index (χ2v) is 8.19. The van der Waals surface area contributed by atoms with Gasteiger partial charge in [0.1, 0.15) is 5.82 Å². The lowest BCUT2D eigenvalue weighted by Crippen LogP contribution is -2.49. The number of nitrogens with zero attached hydrogens (tertiary/aromatic N) is 5. The van der Waals surface area contributed by atoms with Crippen LogP contribution in [0.3, 0.4) is 0 Å². The van der Waals surface area contributed by atoms with Crippen molar-refractivity contribution in [3.63, 3.8) is 0 Å². The third kappa shape index (κ3) is 4.61. The second-order valence-electron chi connectivity index (χ2n) is 8.19. The van der Waals surface area contributed by atoms with Crippen LogP contribution in [0.1, 0.15) is 40.3 Å². The van der Waals surface area contributed by atoms with Gasteiger partial charge in [0.25, 0.3) is 11.6 Å². The van der Waals surface area contributed by atoms with Gasteiger partial charge in [-0.15, -0.1) is 0 Å². The molecule has 0 aliphatic carbocycles. The summed E-state index contributed by atoms with van der Waals surface area (Å²) in [6.45, 7) is 7.18. The number of carbonyl (C=O) groups excluding carboxylic acids is 1. The molecular formula is C23H24FN5O4. The van der Waals surface area contributed by atoms with Crippen LogP contribution in [-0.4, -0.2) is 56.9 Å². The van der Waals surface area contributed by atoms with Crippen molar-refractivity contribution < 1.29 is 18.6 Å². The van der Waals surface area contributed by atoms with Crippen LogP contribution in [-0.2, 0) is 0 Å². The molecule has 0 bridgehead atoms. The van der Waals surface area contributed by atoms with Crippen molar-refractivity contribution in [1.82, 2.24) is 19.9 Å². The lowest BCUT2D eigenvalue weighted by atomic mass is 10.1. The number of aromatic nitrogens is 2. The summed E-state index contributed by atoms with van der Waals surface area (Å²) in [5, 5.41) is 15.3. The Bertz CT molecular complexity index is 1190. The van der Waals surface area contributed by atoms with Gasteiger partial charge >= 0.3 is 0 Å². The number of hydrogen-bond acceptors (Lipinski definition) is 7. The minimum absolute atomic E-state index is 0.0223. The standard InChI is InChI=1S/C23H24FN5O4/c1-14-4-6-17(7-5-14)21-25-22(33-26-21)16(3)27-8-10-28(11-9-27)23(30)18-12-19(24)15(2)20(13-18)29(31)32/h4-7,12-13,16H,8-11H2,1-3H3. The molecule has 172 valence electrons. The number of rotatable bonds is 5. The normalized spacial score (nSPS) is 15.5. The summed E-state index contributed by atoms with van der Waals surface area (Å²) in [6.07, 6.45) is 0. The summed E-state index contributed by atoms with van der Waals surface area (Å²) in [7, 11) is 0. The summed E-state index contributed by atoms with van der Waals surface area (Å²) in [6, 6.07) is 9.91. The third-order valence-corrected chi connectivity index (χ3v) is 6.02. The van der Waals surface area contributed by atoms with Gasteiger partial charge in [-0.2, -0.15) is 4.98 Å². The van der Waals surface area contributed by atoms with Gasteiger partial charge in [-0.3, -0.25) is 19.8 Å². The quantitative estimate of drug-likeness (QED) is 0.426. The van der Waals surface area contributed by atoms with Gasteiger partial charge in [0.2, 0.25) is 11.7 Å². The molecule has 10 heteroatoms. The molecule has 0 N–H and O–H groups in total. The molecule has 3 aromatic rings. The summed E-state index contributed by atoms with van der Waals surface area (Å²) in [5.41, 5.74) is 1.51. The largest absolute Gasteiger partial charge is 0.337 e. The number of benzene rings is 2. The first-order valence-corrected chi connectivity index (χ1v) is 10.6. The maximum atomic E-state index is 14.1. The molecule has 1 aliphatic rings. The van der Waals surface area contributed by atoms with Crippen molar-refractivity contribution >= 4 is 11.6 Å². The molecule has 1 atom stereocenters. The molecule has 1 saturated heterocycles. The van der Waals surface area contributed by atoms with Crippen LogP contribution in [0.15, 0.2) is 40.9 Å². The Balaban J connectivity index is 1.41. The lowest BCUT2D eigenvalue weighted by molar-refractivity contribution is -0.385. The number of amides is 1. The summed E-state index contributed by atoms with van der Waals surface area (Å²) >= 11 is 0. The average Bonchev–Trinajstić information content (AvgIpc) is 3.30. The number of aryl methyl sites for hydroxylation is 1. The molecule has 4 rings (SSSR count). The van der Waals surface area contributed by atoms with E-state index < -0.39 is 22.3 Å². The SMILES string of the molecule is Cc1ccc(-c2noc(C(C)N3CCN(C(=O)c4cc(F)c(C)c([N+](=O)[O-])c4)CC3)n2)cc1. The Morgan fingerprint density at radius 3 is 2.45 bits per heavy atom. The highest BCUT2D eigenvalue weighted by molar-refractivity contribution is 5.95. The first-order chi connectivity index (χ1) is 15.7. The van der Waals surface area contributed by atoms with E-state index in [2.05, 4.69) is 15.0 Å². The van der Waals surface area contributed by atoms with Crippen LogP contribution in [0.4, 0.5) is 10.1 Å². The Labute approximate surface area is 190 Å². The van der Waals surface area contributed by atoms with Crippen LogP contribution in [0, 0.1) is 29.8 Å². The van der Waals surface area contributed by atoms with Gasteiger partial charge in [-0.05, 0) is 26.8 Å². The zero-order valence-corrected chi connectivity index (χ0v) is 18.6. The second kappa shape index (κ2) is 9.07. The topological polar surface area (TPSA) is 106 Å². The van der Waals surface area contributed by atoms with Crippen molar-refractivity contribution in [2.24, 2.45) is 0 Å². The van der Waals surface area contributed by atoms with Crippen molar-refractivity contribution in [3.8, 4) is 11.4 Å². The number of hydrogen-bond donors (Lipinski definition) is 0. The van der Waals surface area contributed by atoms with Crippen molar-refractivity contribution in [2.75, 3.05) is 26.2 Å². The molecule has 1 unspecified atom stereocenters. The summed E-state index contributed by atoms with van der Waals surface area (Å²) in [4.78, 5) is 31.6. The average molecular weight is 453 g/mol. The fourth-order valence-corrected chi connectivity index (χ4v) is 3.85. The smallest absolute Gasteiger partial charge is 0.276 e. The maximum Gasteiger partial charge on any atom is 0.276 e. The Morgan fingerprint density at radius 1 is 1.15 bits per heavy atom. The summed E-state index contributed by atoms with van der Waals surface area (Å²) < 4.78 is 19.6. The van der Waals surface area contributed by atoms with Crippen LogP contribution >= 0.6 is 0 Å². The van der Waals surface area contributed by atoms with Gasteiger partial charge in [0, 0.05) is 43.4 Å². The van der Waals surface area contributed by atoms with Crippen LogP contribution in [0.25, 0.3) is 11.4 Å². The predicted molar refractivity (Wildman–Crippen MR) is 118 cm³/mol. The first-order valence-electron chi connectivity index (χ1n) is 10.6. The van der Waals surface area contributed by atoms with E-state index in [1.807, 2.05) is 38.1 Å². The molecule has 33 heavy (non-hydrogen) atoms. The van der Waals surface area contributed by atoms with E-state index in [0.717, 1.165) is 23.3 Å². The fraction of sp³-hybridized carbons (Fsp3) is 0.348. The van der Waals surface area contributed by atoms with E-state index in [1.54, 1.807) is 4.90 Å².